The molecule has 1 unspecified atom stereocenters. The molecule has 0 spiro atoms. The number of nitrogens with zero attached hydrogens (tertiary/aromatic N) is 2. The van der Waals surface area contributed by atoms with Gasteiger partial charge in [-0.15, -0.1) is 0 Å². The molecule has 0 bridgehead atoms. The van der Waals surface area contributed by atoms with Gasteiger partial charge in [-0.1, -0.05) is 18.5 Å². The molecule has 1 aromatic rings. The van der Waals surface area contributed by atoms with Crippen LogP contribution in [0.2, 0.25) is 5.02 Å². The van der Waals surface area contributed by atoms with Gasteiger partial charge in [0.2, 0.25) is 0 Å². The molecule has 1 atom stereocenters. The molecule has 112 valence electrons. The highest BCUT2D eigenvalue weighted by molar-refractivity contribution is 6.30. The molecule has 0 saturated carbocycles. The number of rotatable bonds is 6. The number of aliphatic hydroxyl groups excluding tert-OH is 1. The second-order valence-electron chi connectivity index (χ2n) is 5.23. The Balaban J connectivity index is 1.76. The smallest absolute Gasteiger partial charge is 0.0791 e. The molecule has 2 N–H and O–H groups in total. The molecule has 4 nitrogen and oxygen atoms in total. The van der Waals surface area contributed by atoms with Crippen LogP contribution in [0.1, 0.15) is 6.92 Å². The van der Waals surface area contributed by atoms with Crippen molar-refractivity contribution >= 4 is 17.3 Å². The summed E-state index contributed by atoms with van der Waals surface area (Å²) >= 11 is 5.91. The molecule has 1 aromatic carbocycles. The molecule has 1 heterocycles. The molecular formula is C15H24ClN3O. The maximum absolute atomic E-state index is 9.91. The normalized spacial score (nSPS) is 18.2. The third kappa shape index (κ3) is 4.63. The Hall–Kier alpha value is -0.810. The molecule has 0 aliphatic carbocycles. The molecule has 0 amide bonds. The molecule has 1 aliphatic heterocycles. The monoisotopic (exact) mass is 297 g/mol. The number of β-amino-alcohol motifs (C(OH)–C–C–N with tert-alkyl or cyclic N) is 1. The molecule has 1 fully saturated rings. The number of benzene rings is 1. The maximum Gasteiger partial charge on any atom is 0.0791 e. The Labute approximate surface area is 126 Å². The first-order valence-corrected chi connectivity index (χ1v) is 7.68. The van der Waals surface area contributed by atoms with Crippen molar-refractivity contribution in [1.82, 2.24) is 10.2 Å². The van der Waals surface area contributed by atoms with Crippen LogP contribution in [0.4, 0.5) is 5.69 Å². The molecular weight excluding hydrogens is 274 g/mol. The summed E-state index contributed by atoms with van der Waals surface area (Å²) < 4.78 is 0. The number of anilines is 1. The minimum atomic E-state index is -0.281. The second kappa shape index (κ2) is 7.84. The fourth-order valence-corrected chi connectivity index (χ4v) is 2.64. The van der Waals surface area contributed by atoms with Crippen LogP contribution >= 0.6 is 11.6 Å². The average molecular weight is 298 g/mol. The van der Waals surface area contributed by atoms with Crippen LogP contribution in [-0.4, -0.2) is 61.9 Å². The van der Waals surface area contributed by atoms with E-state index in [9.17, 15) is 5.11 Å². The van der Waals surface area contributed by atoms with Gasteiger partial charge in [-0.05, 0) is 30.8 Å². The third-order valence-electron chi connectivity index (χ3n) is 3.66. The largest absolute Gasteiger partial charge is 0.390 e. The maximum atomic E-state index is 9.91. The fraction of sp³-hybridized carbons (Fsp3) is 0.600. The first-order valence-electron chi connectivity index (χ1n) is 7.30. The number of piperazine rings is 1. The van der Waals surface area contributed by atoms with Crippen molar-refractivity contribution in [3.05, 3.63) is 29.3 Å². The number of halogens is 1. The second-order valence-corrected chi connectivity index (χ2v) is 5.66. The van der Waals surface area contributed by atoms with E-state index in [0.29, 0.717) is 6.54 Å². The number of aliphatic hydroxyl groups is 1. The van der Waals surface area contributed by atoms with Gasteiger partial charge in [-0.25, -0.2) is 0 Å². The summed E-state index contributed by atoms with van der Waals surface area (Å²) in [5.41, 5.74) is 1.22. The lowest BCUT2D eigenvalue weighted by Gasteiger charge is -2.37. The Morgan fingerprint density at radius 2 is 1.85 bits per heavy atom. The Morgan fingerprint density at radius 3 is 2.45 bits per heavy atom. The zero-order valence-electron chi connectivity index (χ0n) is 12.1. The van der Waals surface area contributed by atoms with Crippen LogP contribution in [0, 0.1) is 0 Å². The zero-order chi connectivity index (χ0) is 14.4. The van der Waals surface area contributed by atoms with E-state index < -0.39 is 0 Å². The van der Waals surface area contributed by atoms with Crippen molar-refractivity contribution in [2.24, 2.45) is 0 Å². The summed E-state index contributed by atoms with van der Waals surface area (Å²) in [5, 5.41) is 13.9. The topological polar surface area (TPSA) is 38.7 Å². The van der Waals surface area contributed by atoms with Crippen molar-refractivity contribution in [1.29, 1.82) is 0 Å². The van der Waals surface area contributed by atoms with Gasteiger partial charge in [-0.2, -0.15) is 0 Å². The standard InChI is InChI=1S/C15H24ClN3O/c1-2-17-11-15(20)12-18-7-9-19(10-8-18)14-5-3-13(16)4-6-14/h3-6,15,17,20H,2,7-12H2,1H3. The highest BCUT2D eigenvalue weighted by atomic mass is 35.5. The minimum Gasteiger partial charge on any atom is -0.390 e. The summed E-state index contributed by atoms with van der Waals surface area (Å²) in [6.07, 6.45) is -0.281. The molecule has 0 aromatic heterocycles. The number of nitrogens with one attached hydrogen (secondary N) is 1. The van der Waals surface area contributed by atoms with Crippen LogP contribution in [0.15, 0.2) is 24.3 Å². The third-order valence-corrected chi connectivity index (χ3v) is 3.91. The predicted molar refractivity (Wildman–Crippen MR) is 84.7 cm³/mol. The Kier molecular flexibility index (Phi) is 6.10. The average Bonchev–Trinajstić information content (AvgIpc) is 2.47. The summed E-state index contributed by atoms with van der Waals surface area (Å²) in [6, 6.07) is 8.00. The van der Waals surface area contributed by atoms with Gasteiger partial charge in [0.1, 0.15) is 0 Å². The van der Waals surface area contributed by atoms with Crippen molar-refractivity contribution in [2.75, 3.05) is 50.7 Å². The first-order chi connectivity index (χ1) is 9.69. The van der Waals surface area contributed by atoms with E-state index in [4.69, 9.17) is 11.6 Å². The lowest BCUT2D eigenvalue weighted by Crippen LogP contribution is -2.49. The van der Waals surface area contributed by atoms with E-state index in [-0.39, 0.29) is 6.10 Å². The van der Waals surface area contributed by atoms with Gasteiger partial charge >= 0.3 is 0 Å². The highest BCUT2D eigenvalue weighted by Crippen LogP contribution is 2.19. The SMILES string of the molecule is CCNCC(O)CN1CCN(c2ccc(Cl)cc2)CC1. The molecule has 5 heteroatoms. The number of hydrogen-bond acceptors (Lipinski definition) is 4. The van der Waals surface area contributed by atoms with E-state index >= 15 is 0 Å². The van der Waals surface area contributed by atoms with Crippen LogP contribution in [0.5, 0.6) is 0 Å². The van der Waals surface area contributed by atoms with Crippen molar-refractivity contribution in [2.45, 2.75) is 13.0 Å². The van der Waals surface area contributed by atoms with Crippen LogP contribution < -0.4 is 10.2 Å². The van der Waals surface area contributed by atoms with E-state index in [2.05, 4.69) is 34.2 Å². The van der Waals surface area contributed by atoms with Crippen LogP contribution in [-0.2, 0) is 0 Å². The van der Waals surface area contributed by atoms with Crippen molar-refractivity contribution < 1.29 is 5.11 Å². The highest BCUT2D eigenvalue weighted by Gasteiger charge is 2.19. The van der Waals surface area contributed by atoms with Crippen LogP contribution in [0.25, 0.3) is 0 Å². The lowest BCUT2D eigenvalue weighted by molar-refractivity contribution is 0.108. The quantitative estimate of drug-likeness (QED) is 0.833. The summed E-state index contributed by atoms with van der Waals surface area (Å²) in [7, 11) is 0. The molecule has 1 aliphatic rings. The molecule has 1 saturated heterocycles. The number of likely N-dealkylation sites (N-methyl/N-ethyl adjacent to an activating group) is 1. The summed E-state index contributed by atoms with van der Waals surface area (Å²) in [4.78, 5) is 4.69. The molecule has 20 heavy (non-hydrogen) atoms. The van der Waals surface area contributed by atoms with Gasteiger partial charge in [-0.3, -0.25) is 4.90 Å². The fourth-order valence-electron chi connectivity index (χ4n) is 2.51. The predicted octanol–water partition coefficient (Wildman–Crippen LogP) is 1.43. The molecule has 2 rings (SSSR count). The van der Waals surface area contributed by atoms with Gasteiger partial charge in [0, 0.05) is 50.0 Å². The Bertz CT molecular complexity index is 391. The van der Waals surface area contributed by atoms with Gasteiger partial charge in [0.25, 0.3) is 0 Å². The zero-order valence-corrected chi connectivity index (χ0v) is 12.8. The van der Waals surface area contributed by atoms with E-state index in [1.165, 1.54) is 5.69 Å². The summed E-state index contributed by atoms with van der Waals surface area (Å²) in [6.45, 7) is 8.36. The number of hydrogen-bond donors (Lipinski definition) is 2. The lowest BCUT2D eigenvalue weighted by atomic mass is 10.2. The van der Waals surface area contributed by atoms with E-state index in [0.717, 1.165) is 44.3 Å². The minimum absolute atomic E-state index is 0.281. The summed E-state index contributed by atoms with van der Waals surface area (Å²) in [5.74, 6) is 0. The van der Waals surface area contributed by atoms with Gasteiger partial charge in [0.05, 0.1) is 6.10 Å². The van der Waals surface area contributed by atoms with Crippen molar-refractivity contribution in [3.8, 4) is 0 Å². The van der Waals surface area contributed by atoms with Crippen molar-refractivity contribution in [3.63, 3.8) is 0 Å². The molecule has 0 radical (unpaired) electrons. The van der Waals surface area contributed by atoms with Crippen LogP contribution in [0.3, 0.4) is 0 Å². The van der Waals surface area contributed by atoms with Gasteiger partial charge in [0.15, 0.2) is 0 Å². The first kappa shape index (κ1) is 15.6. The van der Waals surface area contributed by atoms with Gasteiger partial charge < -0.3 is 15.3 Å². The van der Waals surface area contributed by atoms with E-state index in [1.54, 1.807) is 0 Å². The Morgan fingerprint density at radius 1 is 1.20 bits per heavy atom. The van der Waals surface area contributed by atoms with E-state index in [1.807, 2.05) is 12.1 Å².